The van der Waals surface area contributed by atoms with Crippen molar-refractivity contribution in [2.75, 3.05) is 33.3 Å². The van der Waals surface area contributed by atoms with Crippen LogP contribution in [-0.4, -0.2) is 56.1 Å². The number of hydrogen-bond acceptors (Lipinski definition) is 3. The minimum atomic E-state index is -0.0447. The van der Waals surface area contributed by atoms with Gasteiger partial charge in [0.15, 0.2) is 12.6 Å². The first-order chi connectivity index (χ1) is 14.6. The van der Waals surface area contributed by atoms with Crippen LogP contribution in [0.3, 0.4) is 0 Å². The highest BCUT2D eigenvalue weighted by atomic mass is 127. The minimum Gasteiger partial charge on any atom is -0.484 e. The average Bonchev–Trinajstić information content (AvgIpc) is 3.56. The van der Waals surface area contributed by atoms with Crippen LogP contribution in [0.25, 0.3) is 0 Å². The van der Waals surface area contributed by atoms with Crippen LogP contribution in [-0.2, 0) is 11.2 Å². The van der Waals surface area contributed by atoms with Gasteiger partial charge >= 0.3 is 0 Å². The third-order valence-corrected chi connectivity index (χ3v) is 5.00. The maximum Gasteiger partial charge on any atom is 0.258 e. The quantitative estimate of drug-likeness (QED) is 0.122. The second-order valence-electron chi connectivity index (χ2n) is 7.82. The molecule has 1 saturated carbocycles. The van der Waals surface area contributed by atoms with Gasteiger partial charge in [0.1, 0.15) is 5.75 Å². The molecule has 2 N–H and O–H groups in total. The molecule has 7 heteroatoms. The Kier molecular flexibility index (Phi) is 14.0. The molecule has 0 radical (unpaired) electrons. The van der Waals surface area contributed by atoms with Gasteiger partial charge in [0.25, 0.3) is 5.91 Å². The predicted octanol–water partition coefficient (Wildman–Crippen LogP) is 4.15. The van der Waals surface area contributed by atoms with E-state index in [9.17, 15) is 4.79 Å². The Morgan fingerprint density at radius 3 is 2.65 bits per heavy atom. The molecular formula is C24H39IN4O2. The van der Waals surface area contributed by atoms with Gasteiger partial charge in [-0.25, -0.2) is 0 Å². The van der Waals surface area contributed by atoms with E-state index in [4.69, 9.17) is 9.73 Å². The number of guanidine groups is 1. The van der Waals surface area contributed by atoms with Gasteiger partial charge in [-0.2, -0.15) is 0 Å². The van der Waals surface area contributed by atoms with Gasteiger partial charge in [-0.05, 0) is 63.1 Å². The number of carbonyl (C=O) groups is 1. The molecule has 174 valence electrons. The van der Waals surface area contributed by atoms with Gasteiger partial charge in [-0.1, -0.05) is 24.6 Å². The summed E-state index contributed by atoms with van der Waals surface area (Å²) in [5.41, 5.74) is 1.21. The van der Waals surface area contributed by atoms with E-state index in [2.05, 4.69) is 36.1 Å². The van der Waals surface area contributed by atoms with Crippen molar-refractivity contribution in [1.82, 2.24) is 15.5 Å². The second kappa shape index (κ2) is 15.9. The largest absolute Gasteiger partial charge is 0.484 e. The number of carbonyl (C=O) groups excluding carboxylic acids is 1. The molecule has 6 nitrogen and oxygen atoms in total. The Hall–Kier alpha value is -1.77. The van der Waals surface area contributed by atoms with Crippen molar-refractivity contribution in [1.29, 1.82) is 0 Å². The number of nitrogens with one attached hydrogen (secondary N) is 2. The van der Waals surface area contributed by atoms with Crippen molar-refractivity contribution in [2.24, 2.45) is 4.99 Å². The van der Waals surface area contributed by atoms with Crippen LogP contribution < -0.4 is 15.4 Å². The number of amides is 1. The highest BCUT2D eigenvalue weighted by Crippen LogP contribution is 2.18. The lowest BCUT2D eigenvalue weighted by Crippen LogP contribution is -2.39. The molecule has 0 bridgehead atoms. The van der Waals surface area contributed by atoms with Crippen molar-refractivity contribution in [3.8, 4) is 5.75 Å². The summed E-state index contributed by atoms with van der Waals surface area (Å²) < 4.78 is 5.56. The van der Waals surface area contributed by atoms with Crippen molar-refractivity contribution >= 4 is 35.8 Å². The second-order valence-corrected chi connectivity index (χ2v) is 7.82. The van der Waals surface area contributed by atoms with Gasteiger partial charge in [0, 0.05) is 32.7 Å². The van der Waals surface area contributed by atoms with Crippen LogP contribution in [0.5, 0.6) is 5.75 Å². The molecule has 0 atom stereocenters. The van der Waals surface area contributed by atoms with Crippen molar-refractivity contribution < 1.29 is 9.53 Å². The molecule has 1 fully saturated rings. The van der Waals surface area contributed by atoms with Gasteiger partial charge in [0.2, 0.25) is 0 Å². The van der Waals surface area contributed by atoms with Crippen LogP contribution in [0.1, 0.15) is 51.0 Å². The maximum absolute atomic E-state index is 11.7. The number of ether oxygens (including phenoxy) is 1. The first kappa shape index (κ1) is 27.3. The van der Waals surface area contributed by atoms with Crippen LogP contribution in [0.15, 0.2) is 41.9 Å². The molecule has 1 aliphatic carbocycles. The summed E-state index contributed by atoms with van der Waals surface area (Å²) in [5, 5.41) is 6.30. The lowest BCUT2D eigenvalue weighted by atomic mass is 10.1. The van der Waals surface area contributed by atoms with Crippen LogP contribution in [0.4, 0.5) is 0 Å². The number of rotatable bonds is 14. The van der Waals surface area contributed by atoms with Crippen LogP contribution in [0, 0.1) is 0 Å². The summed E-state index contributed by atoms with van der Waals surface area (Å²) in [4.78, 5) is 18.7. The summed E-state index contributed by atoms with van der Waals surface area (Å²) in [7, 11) is 2.10. The predicted molar refractivity (Wildman–Crippen MR) is 139 cm³/mol. The Balaban J connectivity index is 0.00000480. The molecule has 31 heavy (non-hydrogen) atoms. The molecule has 1 amide bonds. The lowest BCUT2D eigenvalue weighted by molar-refractivity contribution is -0.123. The summed E-state index contributed by atoms with van der Waals surface area (Å²) in [5.74, 6) is 1.64. The fourth-order valence-electron chi connectivity index (χ4n) is 3.08. The summed E-state index contributed by atoms with van der Waals surface area (Å²) in [6.07, 6.45) is 9.70. The van der Waals surface area contributed by atoms with E-state index in [1.807, 2.05) is 30.3 Å². The maximum atomic E-state index is 11.7. The number of unbranched alkanes of at least 4 members (excludes halogenated alkanes) is 3. The standard InChI is InChI=1S/C24H38N4O2.HI/c1-4-6-7-8-9-18-28(3)24(25-5-2)26-17-16-20-10-14-22(15-11-20)30-19-23(29)27-21-12-13-21;/h4,10-11,14-15,21H,1,5-9,12-13,16-19H2,2-3H3,(H,25,26)(H,27,29);1H. The molecule has 0 saturated heterocycles. The minimum absolute atomic E-state index is 0. The van der Waals surface area contributed by atoms with Crippen LogP contribution in [0.2, 0.25) is 0 Å². The third kappa shape index (κ3) is 12.0. The molecule has 2 rings (SSSR count). The molecule has 1 aromatic carbocycles. The normalized spacial score (nSPS) is 13.2. The van der Waals surface area contributed by atoms with E-state index in [-0.39, 0.29) is 36.5 Å². The topological polar surface area (TPSA) is 66.0 Å². The third-order valence-electron chi connectivity index (χ3n) is 5.00. The molecular weight excluding hydrogens is 503 g/mol. The lowest BCUT2D eigenvalue weighted by Gasteiger charge is -2.22. The number of hydrogen-bond donors (Lipinski definition) is 2. The summed E-state index contributed by atoms with van der Waals surface area (Å²) >= 11 is 0. The Morgan fingerprint density at radius 1 is 1.26 bits per heavy atom. The summed E-state index contributed by atoms with van der Waals surface area (Å²) in [6, 6.07) is 8.29. The number of nitrogens with zero attached hydrogens (tertiary/aromatic N) is 2. The zero-order valence-corrected chi connectivity index (χ0v) is 21.4. The highest BCUT2D eigenvalue weighted by Gasteiger charge is 2.23. The average molecular weight is 543 g/mol. The van der Waals surface area contributed by atoms with E-state index in [1.165, 1.54) is 18.4 Å². The Labute approximate surface area is 204 Å². The number of halogens is 1. The van der Waals surface area contributed by atoms with Gasteiger partial charge in [-0.3, -0.25) is 9.79 Å². The van der Waals surface area contributed by atoms with E-state index >= 15 is 0 Å². The number of aliphatic imine (C=N–C) groups is 1. The Bertz CT molecular complexity index is 675. The zero-order chi connectivity index (χ0) is 21.6. The monoisotopic (exact) mass is 542 g/mol. The van der Waals surface area contributed by atoms with E-state index in [0.717, 1.165) is 63.4 Å². The SMILES string of the molecule is C=CCCCCCN(C)C(=NCCc1ccc(OCC(=O)NC2CC2)cc1)NCC.I. The van der Waals surface area contributed by atoms with E-state index < -0.39 is 0 Å². The molecule has 0 heterocycles. The fourth-order valence-corrected chi connectivity index (χ4v) is 3.08. The fraction of sp³-hybridized carbons (Fsp3) is 0.583. The van der Waals surface area contributed by atoms with Crippen molar-refractivity contribution in [2.45, 2.75) is 57.9 Å². The molecule has 1 aliphatic rings. The van der Waals surface area contributed by atoms with Gasteiger partial charge < -0.3 is 20.3 Å². The van der Waals surface area contributed by atoms with Gasteiger partial charge in [0.05, 0.1) is 0 Å². The number of benzene rings is 1. The summed E-state index contributed by atoms with van der Waals surface area (Å²) in [6.45, 7) is 8.54. The van der Waals surface area contributed by atoms with Crippen molar-refractivity contribution in [3.05, 3.63) is 42.5 Å². The number of allylic oxidation sites excluding steroid dienone is 1. The zero-order valence-electron chi connectivity index (χ0n) is 19.1. The molecule has 0 spiro atoms. The first-order valence-electron chi connectivity index (χ1n) is 11.2. The Morgan fingerprint density at radius 2 is 2.00 bits per heavy atom. The molecule has 0 aromatic heterocycles. The highest BCUT2D eigenvalue weighted by molar-refractivity contribution is 14.0. The van der Waals surface area contributed by atoms with Gasteiger partial charge in [-0.15, -0.1) is 30.6 Å². The van der Waals surface area contributed by atoms with E-state index in [0.29, 0.717) is 6.04 Å². The molecule has 0 unspecified atom stereocenters. The first-order valence-corrected chi connectivity index (χ1v) is 11.2. The molecule has 1 aromatic rings. The smallest absolute Gasteiger partial charge is 0.258 e. The van der Waals surface area contributed by atoms with Crippen molar-refractivity contribution in [3.63, 3.8) is 0 Å². The molecule has 0 aliphatic heterocycles. The van der Waals surface area contributed by atoms with Crippen LogP contribution >= 0.6 is 24.0 Å². The van der Waals surface area contributed by atoms with E-state index in [1.54, 1.807) is 0 Å².